The van der Waals surface area contributed by atoms with Gasteiger partial charge in [0, 0.05) is 19.5 Å². The van der Waals surface area contributed by atoms with Gasteiger partial charge in [0.1, 0.15) is 6.29 Å². The normalized spacial score (nSPS) is 18.1. The summed E-state index contributed by atoms with van der Waals surface area (Å²) in [6.45, 7) is 4.96. The summed E-state index contributed by atoms with van der Waals surface area (Å²) in [4.78, 5) is 19.3. The van der Waals surface area contributed by atoms with E-state index in [9.17, 15) is 4.79 Å². The van der Waals surface area contributed by atoms with Crippen LogP contribution in [0.4, 0.5) is 0 Å². The number of nitrogens with one attached hydrogen (secondary N) is 2. The van der Waals surface area contributed by atoms with Crippen molar-refractivity contribution in [1.29, 1.82) is 0 Å². The molecule has 1 aliphatic heterocycles. The van der Waals surface area contributed by atoms with E-state index in [4.69, 9.17) is 4.79 Å². The molecule has 84 valence electrons. The van der Waals surface area contributed by atoms with Crippen LogP contribution in [0, 0.1) is 0 Å². The zero-order valence-corrected chi connectivity index (χ0v) is 9.17. The molecule has 0 aromatic rings. The molecule has 1 aliphatic rings. The molecule has 5 nitrogen and oxygen atoms in total. The van der Waals surface area contributed by atoms with Gasteiger partial charge in [-0.25, -0.2) is 0 Å². The number of aldehydes is 1. The summed E-state index contributed by atoms with van der Waals surface area (Å²) in [6.07, 6.45) is 1.82. The number of hydrogen-bond donors (Lipinski definition) is 3. The monoisotopic (exact) mass is 203 g/mol. The van der Waals surface area contributed by atoms with Gasteiger partial charge in [-0.1, -0.05) is 0 Å². The van der Waals surface area contributed by atoms with Gasteiger partial charge >= 0.3 is 0 Å². The molecule has 1 saturated heterocycles. The highest BCUT2D eigenvalue weighted by Gasteiger charge is 2.13. The van der Waals surface area contributed by atoms with E-state index in [0.717, 1.165) is 25.8 Å². The smallest absolute Gasteiger partial charge is 0.217 e. The first kappa shape index (κ1) is 15.5. The lowest BCUT2D eigenvalue weighted by atomic mass is 10.3. The second kappa shape index (κ2) is 12.1. The Balaban J connectivity index is 0. The van der Waals surface area contributed by atoms with Crippen LogP contribution in [0.2, 0.25) is 0 Å². The van der Waals surface area contributed by atoms with Gasteiger partial charge < -0.3 is 21.2 Å². The number of nitrogens with two attached hydrogens (primary N) is 1. The zero-order chi connectivity index (χ0) is 11.4. The van der Waals surface area contributed by atoms with Gasteiger partial charge in [-0.2, -0.15) is 0 Å². The molecule has 0 aromatic heterocycles. The number of carbonyl (C=O) groups is 2. The van der Waals surface area contributed by atoms with Gasteiger partial charge in [0.2, 0.25) is 5.91 Å². The van der Waals surface area contributed by atoms with E-state index < -0.39 is 0 Å². The predicted octanol–water partition coefficient (Wildman–Crippen LogP) is -0.735. The molecule has 1 atom stereocenters. The molecule has 14 heavy (non-hydrogen) atoms. The molecule has 0 aromatic carbocycles. The first-order chi connectivity index (χ1) is 6.70. The molecule has 1 amide bonds. The molecule has 1 heterocycles. The van der Waals surface area contributed by atoms with E-state index in [2.05, 4.69) is 16.4 Å². The van der Waals surface area contributed by atoms with Gasteiger partial charge in [0.15, 0.2) is 0 Å². The van der Waals surface area contributed by atoms with E-state index in [-0.39, 0.29) is 5.91 Å². The van der Waals surface area contributed by atoms with E-state index in [0.29, 0.717) is 6.04 Å². The number of rotatable bonds is 1. The van der Waals surface area contributed by atoms with Crippen LogP contribution in [0.15, 0.2) is 0 Å². The summed E-state index contributed by atoms with van der Waals surface area (Å²) in [5.74, 6) is 0.0729. The van der Waals surface area contributed by atoms with Crippen LogP contribution in [-0.2, 0) is 9.59 Å². The Bertz CT molecular complexity index is 145. The van der Waals surface area contributed by atoms with Crippen molar-refractivity contribution in [1.82, 2.24) is 10.6 Å². The molecule has 1 rings (SSSR count). The Labute approximate surface area is 85.4 Å². The largest absolute Gasteiger partial charge is 0.352 e. The van der Waals surface area contributed by atoms with Crippen LogP contribution in [0.25, 0.3) is 0 Å². The summed E-state index contributed by atoms with van der Waals surface area (Å²) in [5, 5.41) is 6.00. The maximum absolute atomic E-state index is 10.5. The van der Waals surface area contributed by atoms with E-state index in [1.54, 1.807) is 6.92 Å². The fraction of sp³-hybridized carbons (Fsp3) is 0.778. The van der Waals surface area contributed by atoms with Crippen LogP contribution in [-0.4, -0.2) is 38.4 Å². The molecule has 0 saturated carbocycles. The summed E-state index contributed by atoms with van der Waals surface area (Å²) in [6, 6.07) is 0.377. The minimum Gasteiger partial charge on any atom is -0.352 e. The average molecular weight is 203 g/mol. The first-order valence-corrected chi connectivity index (χ1v) is 4.66. The third-order valence-corrected chi connectivity index (χ3v) is 1.47. The quantitative estimate of drug-likeness (QED) is 0.490. The SMILES string of the molecule is CC(=O)NC1CCNC1.CC=O.CN. The summed E-state index contributed by atoms with van der Waals surface area (Å²) < 4.78 is 0. The van der Waals surface area contributed by atoms with Crippen molar-refractivity contribution in [3.8, 4) is 0 Å². The van der Waals surface area contributed by atoms with Gasteiger partial charge in [-0.05, 0) is 26.9 Å². The Morgan fingerprint density at radius 3 is 2.36 bits per heavy atom. The fourth-order valence-corrected chi connectivity index (χ4v) is 1.07. The second-order valence-corrected chi connectivity index (χ2v) is 2.63. The molecule has 5 heteroatoms. The topological polar surface area (TPSA) is 84.2 Å². The number of carbonyl (C=O) groups excluding carboxylic acids is 2. The van der Waals surface area contributed by atoms with Crippen LogP contribution in [0.3, 0.4) is 0 Å². The highest BCUT2D eigenvalue weighted by molar-refractivity contribution is 5.73. The molecule has 1 fully saturated rings. The van der Waals surface area contributed by atoms with Crippen molar-refractivity contribution in [2.75, 3.05) is 20.1 Å². The highest BCUT2D eigenvalue weighted by Crippen LogP contribution is 1.95. The molecule has 0 spiro atoms. The lowest BCUT2D eigenvalue weighted by molar-refractivity contribution is -0.119. The van der Waals surface area contributed by atoms with E-state index in [1.807, 2.05) is 0 Å². The van der Waals surface area contributed by atoms with Gasteiger partial charge in [-0.3, -0.25) is 4.79 Å². The maximum atomic E-state index is 10.5. The van der Waals surface area contributed by atoms with Crippen molar-refractivity contribution in [3.05, 3.63) is 0 Å². The van der Waals surface area contributed by atoms with Crippen molar-refractivity contribution < 1.29 is 9.59 Å². The van der Waals surface area contributed by atoms with Crippen LogP contribution < -0.4 is 16.4 Å². The summed E-state index contributed by atoms with van der Waals surface area (Å²) >= 11 is 0. The molecule has 1 unspecified atom stereocenters. The molecular weight excluding hydrogens is 182 g/mol. The third-order valence-electron chi connectivity index (χ3n) is 1.47. The Morgan fingerprint density at radius 1 is 1.57 bits per heavy atom. The van der Waals surface area contributed by atoms with E-state index in [1.165, 1.54) is 14.0 Å². The Kier molecular flexibility index (Phi) is 13.4. The van der Waals surface area contributed by atoms with Crippen molar-refractivity contribution in [2.45, 2.75) is 26.3 Å². The van der Waals surface area contributed by atoms with Crippen molar-refractivity contribution in [2.24, 2.45) is 5.73 Å². The zero-order valence-electron chi connectivity index (χ0n) is 9.17. The predicted molar refractivity (Wildman–Crippen MR) is 56.9 cm³/mol. The van der Waals surface area contributed by atoms with Crippen molar-refractivity contribution in [3.63, 3.8) is 0 Å². The van der Waals surface area contributed by atoms with Gasteiger partial charge in [0.05, 0.1) is 0 Å². The molecule has 4 N–H and O–H groups in total. The third kappa shape index (κ3) is 11.1. The van der Waals surface area contributed by atoms with Crippen molar-refractivity contribution >= 4 is 12.2 Å². The van der Waals surface area contributed by atoms with Gasteiger partial charge in [-0.15, -0.1) is 0 Å². The van der Waals surface area contributed by atoms with Crippen LogP contribution >= 0.6 is 0 Å². The minimum absolute atomic E-state index is 0.0729. The molecule has 0 bridgehead atoms. The first-order valence-electron chi connectivity index (χ1n) is 4.66. The number of hydrogen-bond acceptors (Lipinski definition) is 4. The molecule has 0 aliphatic carbocycles. The Hall–Kier alpha value is -0.940. The lowest BCUT2D eigenvalue weighted by Gasteiger charge is -2.07. The van der Waals surface area contributed by atoms with Crippen LogP contribution in [0.5, 0.6) is 0 Å². The highest BCUT2D eigenvalue weighted by atomic mass is 16.1. The maximum Gasteiger partial charge on any atom is 0.217 e. The molecule has 0 radical (unpaired) electrons. The number of amides is 1. The summed E-state index contributed by atoms with van der Waals surface area (Å²) in [7, 11) is 1.50. The fourth-order valence-electron chi connectivity index (χ4n) is 1.07. The van der Waals surface area contributed by atoms with E-state index >= 15 is 0 Å². The van der Waals surface area contributed by atoms with Gasteiger partial charge in [0.25, 0.3) is 0 Å². The minimum atomic E-state index is 0.0729. The Morgan fingerprint density at radius 2 is 2.07 bits per heavy atom. The summed E-state index contributed by atoms with van der Waals surface area (Å²) in [5.41, 5.74) is 4.50. The lowest BCUT2D eigenvalue weighted by Crippen LogP contribution is -2.34. The molecular formula is C9H21N3O2. The average Bonchev–Trinajstić information content (AvgIpc) is 2.61. The second-order valence-electron chi connectivity index (χ2n) is 2.63. The van der Waals surface area contributed by atoms with Crippen LogP contribution in [0.1, 0.15) is 20.3 Å². The standard InChI is InChI=1S/C6H12N2O.C2H4O.CH5N/c1-5(9)8-6-2-3-7-4-6;1-2-3;1-2/h6-7H,2-4H2,1H3,(H,8,9);2H,1H3;2H2,1H3.